The van der Waals surface area contributed by atoms with Gasteiger partial charge in [-0.15, -0.1) is 0 Å². The molecule has 0 atom stereocenters. The zero-order chi connectivity index (χ0) is 40.5. The van der Waals surface area contributed by atoms with Gasteiger partial charge in [0.05, 0.1) is 22.3 Å². The van der Waals surface area contributed by atoms with Crippen LogP contribution in [0.5, 0.6) is 5.75 Å². The predicted molar refractivity (Wildman–Crippen MR) is 213 cm³/mol. The molecule has 0 amide bonds. The van der Waals surface area contributed by atoms with Crippen LogP contribution in [0.3, 0.4) is 0 Å². The van der Waals surface area contributed by atoms with E-state index in [0.717, 1.165) is 91.5 Å². The molecule has 5 nitrogen and oxygen atoms in total. The standard InChI is InChI=1S/C44H28N4.C6H2F4O.Fe/c1-5-13-29(14-6-1)41-33-21-23-35(45-33)42(30-15-7-2-8-16-30)37-25-27-39(47-37)44(32-19-11-4-12-20-32)40-28-26-38(48-40)43(31-17-9-3-10-18-31)36-24-22-34(41)46-36;7-2-1-3(8)5(10)6(11)4(2)9;/h1-28H;1,11H;/p-1. The van der Waals surface area contributed by atoms with Gasteiger partial charge in [0, 0.05) is 144 Å². The van der Waals surface area contributed by atoms with Gasteiger partial charge in [-0.3, -0.25) is 0 Å². The van der Waals surface area contributed by atoms with Gasteiger partial charge in [0.2, 0.25) is 0 Å². The molecule has 0 unspecified atom stereocenters. The summed E-state index contributed by atoms with van der Waals surface area (Å²) in [5.41, 5.74) is 11.1. The number of hydrogen-bond donors (Lipinski definition) is 0. The van der Waals surface area contributed by atoms with E-state index in [1.54, 1.807) is 0 Å². The minimum absolute atomic E-state index is 0. The van der Waals surface area contributed by atoms with Crippen molar-refractivity contribution in [1.29, 1.82) is 0 Å². The van der Waals surface area contributed by atoms with Gasteiger partial charge in [0.25, 0.3) is 0 Å². The smallest absolute Gasteiger partial charge is 0.161 e. The second kappa shape index (κ2) is 16.9. The topological polar surface area (TPSA) is 79.5 Å². The average molecular weight is 834 g/mol. The van der Waals surface area contributed by atoms with Crippen molar-refractivity contribution < 1.29 is 39.7 Å². The number of hydrogen-bond acceptors (Lipinski definition) is 1. The molecule has 10 rings (SSSR count). The van der Waals surface area contributed by atoms with Crippen molar-refractivity contribution in [3.05, 3.63) is 291 Å². The first-order valence-corrected chi connectivity index (χ1v) is 18.6. The van der Waals surface area contributed by atoms with Crippen LogP contribution in [0.2, 0.25) is 0 Å². The van der Waals surface area contributed by atoms with Crippen LogP contribution in [0.25, 0.3) is 0 Å². The van der Waals surface area contributed by atoms with E-state index in [2.05, 4.69) is 146 Å². The van der Waals surface area contributed by atoms with Crippen molar-refractivity contribution in [1.82, 2.24) is 19.9 Å². The summed E-state index contributed by atoms with van der Waals surface area (Å²) in [4.78, 5) is 21.2. The summed E-state index contributed by atoms with van der Waals surface area (Å²) in [5, 5.41) is 10.2. The van der Waals surface area contributed by atoms with Crippen molar-refractivity contribution in [2.75, 3.05) is 0 Å². The molecule has 0 aliphatic carbocycles. The molecular formula is C50H29F4FeN4O-. The quantitative estimate of drug-likeness (QED) is 0.0765. The molecule has 5 heterocycles. The maximum atomic E-state index is 12.1. The fourth-order valence-corrected chi connectivity index (χ4v) is 7.24. The molecule has 292 valence electrons. The third-order valence-electron chi connectivity index (χ3n) is 9.93. The number of fused-ring (bicyclic) bond motifs is 8. The Morgan fingerprint density at radius 1 is 0.317 bits per heavy atom. The first-order chi connectivity index (χ1) is 28.8. The summed E-state index contributed by atoms with van der Waals surface area (Å²) in [6.07, 6.45) is 0. The fraction of sp³-hybridized carbons (Fsp3) is 0. The van der Waals surface area contributed by atoms with Crippen molar-refractivity contribution in [3.8, 4) is 5.75 Å². The van der Waals surface area contributed by atoms with Gasteiger partial charge in [-0.25, -0.2) is 17.6 Å². The Morgan fingerprint density at radius 2 is 0.517 bits per heavy atom. The molecule has 9 aromatic rings. The Kier molecular flexibility index (Phi) is 11.2. The van der Waals surface area contributed by atoms with E-state index in [-0.39, 0.29) is 23.1 Å². The van der Waals surface area contributed by atoms with E-state index < -0.39 is 29.0 Å². The molecule has 60 heavy (non-hydrogen) atoms. The van der Waals surface area contributed by atoms with Gasteiger partial charge in [0.15, 0.2) is 23.3 Å². The van der Waals surface area contributed by atoms with Crippen LogP contribution in [-0.2, 0) is 17.1 Å². The van der Waals surface area contributed by atoms with Gasteiger partial charge in [-0.1, -0.05) is 0 Å². The van der Waals surface area contributed by atoms with E-state index >= 15 is 0 Å². The number of aromatic nitrogens is 4. The van der Waals surface area contributed by atoms with Crippen molar-refractivity contribution in [2.45, 2.75) is 0 Å². The Labute approximate surface area is 354 Å². The van der Waals surface area contributed by atoms with Crippen LogP contribution in [0.1, 0.15) is 67.8 Å². The zero-order valence-electron chi connectivity index (χ0n) is 31.3. The predicted octanol–water partition coefficient (Wildman–Crippen LogP) is 9.22. The van der Waals surface area contributed by atoms with Gasteiger partial charge < -0.3 is 25.0 Å². The van der Waals surface area contributed by atoms with Crippen LogP contribution in [0, 0.1) is 46.9 Å². The van der Waals surface area contributed by atoms with E-state index in [1.807, 2.05) is 24.3 Å². The van der Waals surface area contributed by atoms with Crippen LogP contribution < -0.4 is 25.0 Å². The second-order valence-corrected chi connectivity index (χ2v) is 13.6. The summed E-state index contributed by atoms with van der Waals surface area (Å²) in [6, 6.07) is 58.4. The van der Waals surface area contributed by atoms with Crippen LogP contribution in [0.15, 0.2) is 176 Å². The van der Waals surface area contributed by atoms with Gasteiger partial charge in [-0.2, -0.15) is 0 Å². The summed E-state index contributed by atoms with van der Waals surface area (Å²) >= 11 is 0. The van der Waals surface area contributed by atoms with Crippen molar-refractivity contribution >= 4 is 0 Å². The normalized spacial score (nSPS) is 12.1. The van der Waals surface area contributed by atoms with E-state index in [4.69, 9.17) is 19.9 Å². The molecule has 1 aliphatic heterocycles. The largest absolute Gasteiger partial charge is 0.868 e. The summed E-state index contributed by atoms with van der Waals surface area (Å²) in [5.74, 6) is -5.14. The van der Waals surface area contributed by atoms with E-state index in [0.29, 0.717) is 0 Å². The molecule has 0 fully saturated rings. The number of halogens is 4. The van der Waals surface area contributed by atoms with Gasteiger partial charge >= 0.3 is 0 Å². The first kappa shape index (κ1) is 39.6. The summed E-state index contributed by atoms with van der Waals surface area (Å²) < 4.78 is 48.2. The SMILES string of the molecule is [Fe].[O-]c1c(F)c(F)cc(F)c1F.c1ccc([C+]2c3ccc([n-]3)[C+](c3ccccc3)c3ccc([n-]3)[C+](c3ccccc3)c3ccc([n-]3)[C+](c3ccccc3)c3ccc2[n-]3)cc1. The fourth-order valence-electron chi connectivity index (χ4n) is 7.24. The Hall–Kier alpha value is -7.26. The summed E-state index contributed by atoms with van der Waals surface area (Å²) in [6.45, 7) is 0. The van der Waals surface area contributed by atoms with E-state index in [9.17, 15) is 22.7 Å². The monoisotopic (exact) mass is 833 g/mol. The molecule has 0 radical (unpaired) electrons. The molecule has 8 bridgehead atoms. The molecule has 4 aromatic heterocycles. The average Bonchev–Trinajstić information content (AvgIpc) is 4.12. The minimum Gasteiger partial charge on any atom is -0.868 e. The Balaban J connectivity index is 0.000000364. The second-order valence-electron chi connectivity index (χ2n) is 13.6. The molecule has 5 aromatic carbocycles. The van der Waals surface area contributed by atoms with Crippen LogP contribution in [-0.4, -0.2) is 0 Å². The maximum Gasteiger partial charge on any atom is 0.161 e. The molecule has 10 heteroatoms. The zero-order valence-corrected chi connectivity index (χ0v) is 32.4. The third kappa shape index (κ3) is 7.57. The third-order valence-corrected chi connectivity index (χ3v) is 9.93. The number of benzene rings is 5. The minimum atomic E-state index is -1.90. The summed E-state index contributed by atoms with van der Waals surface area (Å²) in [7, 11) is 0. The molecule has 0 saturated carbocycles. The molecule has 0 spiro atoms. The van der Waals surface area contributed by atoms with Crippen LogP contribution in [0.4, 0.5) is 17.6 Å². The Bertz CT molecular complexity index is 2390. The number of rotatable bonds is 4. The molecule has 1 aliphatic rings. The van der Waals surface area contributed by atoms with E-state index in [1.165, 1.54) is 0 Å². The van der Waals surface area contributed by atoms with Crippen LogP contribution >= 0.6 is 0 Å². The van der Waals surface area contributed by atoms with Crippen molar-refractivity contribution in [3.63, 3.8) is 0 Å². The first-order valence-electron chi connectivity index (χ1n) is 18.6. The number of nitrogens with zero attached hydrogens (tertiary/aromatic N) is 4. The van der Waals surface area contributed by atoms with Gasteiger partial charge in [0.1, 0.15) is 0 Å². The molecule has 0 saturated heterocycles. The Morgan fingerprint density at radius 3 is 0.717 bits per heavy atom. The molecule has 0 N–H and O–H groups in total. The maximum absolute atomic E-state index is 12.1. The van der Waals surface area contributed by atoms with Gasteiger partial charge in [-0.05, 0) is 124 Å². The van der Waals surface area contributed by atoms with Crippen molar-refractivity contribution in [2.24, 2.45) is 0 Å². The molecular weight excluding hydrogens is 804 g/mol.